The predicted octanol–water partition coefficient (Wildman–Crippen LogP) is 2.90. The van der Waals surface area contributed by atoms with E-state index in [9.17, 15) is 18.0 Å². The van der Waals surface area contributed by atoms with Gasteiger partial charge in [-0.05, 0) is 32.9 Å². The highest BCUT2D eigenvalue weighted by atomic mass is 19.4. The number of halogens is 3. The van der Waals surface area contributed by atoms with E-state index >= 15 is 0 Å². The van der Waals surface area contributed by atoms with Crippen molar-refractivity contribution in [3.8, 4) is 0 Å². The van der Waals surface area contributed by atoms with Gasteiger partial charge in [0.15, 0.2) is 0 Å². The predicted molar refractivity (Wildman–Crippen MR) is 73.1 cm³/mol. The number of hydrogen-bond donors (Lipinski definition) is 2. The third-order valence-corrected chi connectivity index (χ3v) is 2.52. The molecule has 118 valence electrons. The average molecular weight is 305 g/mol. The summed E-state index contributed by atoms with van der Waals surface area (Å²) >= 11 is 0. The standard InChI is InChI=1S/C13H18F3N3O2/c1-4-17-10-6-9(13(14,15)16)7-11(19-10)18-8(3)12(20)21-5-2/h6-8H,4-5H2,1-3H3,(H2,17,18,19). The summed E-state index contributed by atoms with van der Waals surface area (Å²) < 4.78 is 43.3. The molecule has 1 unspecified atom stereocenters. The van der Waals surface area contributed by atoms with Gasteiger partial charge in [0.2, 0.25) is 0 Å². The van der Waals surface area contributed by atoms with Crippen molar-refractivity contribution in [1.29, 1.82) is 0 Å². The van der Waals surface area contributed by atoms with Gasteiger partial charge in [-0.25, -0.2) is 9.78 Å². The van der Waals surface area contributed by atoms with Crippen LogP contribution in [0.4, 0.5) is 24.8 Å². The van der Waals surface area contributed by atoms with Crippen molar-refractivity contribution in [2.24, 2.45) is 0 Å². The summed E-state index contributed by atoms with van der Waals surface area (Å²) in [6, 6.07) is 0.982. The van der Waals surface area contributed by atoms with Crippen molar-refractivity contribution >= 4 is 17.6 Å². The van der Waals surface area contributed by atoms with E-state index in [4.69, 9.17) is 4.74 Å². The number of carbonyl (C=O) groups excluding carboxylic acids is 1. The fraction of sp³-hybridized carbons (Fsp3) is 0.538. The molecule has 21 heavy (non-hydrogen) atoms. The van der Waals surface area contributed by atoms with Crippen LogP contribution in [0.3, 0.4) is 0 Å². The lowest BCUT2D eigenvalue weighted by atomic mass is 10.2. The molecule has 0 bridgehead atoms. The molecule has 0 aliphatic carbocycles. The Hall–Kier alpha value is -1.99. The topological polar surface area (TPSA) is 63.2 Å². The third kappa shape index (κ3) is 5.13. The molecule has 1 rings (SSSR count). The van der Waals surface area contributed by atoms with Gasteiger partial charge < -0.3 is 15.4 Å². The number of esters is 1. The molecule has 1 atom stereocenters. The number of nitrogens with zero attached hydrogens (tertiary/aromatic N) is 1. The summed E-state index contributed by atoms with van der Waals surface area (Å²) in [6.45, 7) is 5.52. The zero-order valence-electron chi connectivity index (χ0n) is 12.0. The largest absolute Gasteiger partial charge is 0.464 e. The van der Waals surface area contributed by atoms with Gasteiger partial charge in [0.1, 0.15) is 17.7 Å². The van der Waals surface area contributed by atoms with Gasteiger partial charge in [0.05, 0.1) is 12.2 Å². The smallest absolute Gasteiger partial charge is 0.416 e. The van der Waals surface area contributed by atoms with Crippen molar-refractivity contribution in [2.75, 3.05) is 23.8 Å². The Kier molecular flexibility index (Phi) is 5.80. The maximum atomic E-state index is 12.8. The molecule has 0 fully saturated rings. The first kappa shape index (κ1) is 17.1. The average Bonchev–Trinajstić information content (AvgIpc) is 2.38. The fourth-order valence-electron chi connectivity index (χ4n) is 1.59. The van der Waals surface area contributed by atoms with Crippen LogP contribution in [-0.4, -0.2) is 30.1 Å². The summed E-state index contributed by atoms with van der Waals surface area (Å²) in [5.74, 6) is -0.506. The Morgan fingerprint density at radius 1 is 1.33 bits per heavy atom. The van der Waals surface area contributed by atoms with Crippen LogP contribution < -0.4 is 10.6 Å². The fourth-order valence-corrected chi connectivity index (χ4v) is 1.59. The summed E-state index contributed by atoms with van der Waals surface area (Å²) in [5, 5.41) is 5.33. The normalized spacial score (nSPS) is 12.7. The Labute approximate surface area is 120 Å². The van der Waals surface area contributed by atoms with Crippen molar-refractivity contribution in [3.05, 3.63) is 17.7 Å². The van der Waals surface area contributed by atoms with E-state index in [1.165, 1.54) is 6.92 Å². The first-order valence-corrected chi connectivity index (χ1v) is 6.54. The minimum atomic E-state index is -4.49. The van der Waals surface area contributed by atoms with E-state index in [0.29, 0.717) is 6.54 Å². The highest BCUT2D eigenvalue weighted by Crippen LogP contribution is 2.32. The molecule has 0 radical (unpaired) electrons. The van der Waals surface area contributed by atoms with Crippen LogP contribution in [-0.2, 0) is 15.7 Å². The van der Waals surface area contributed by atoms with E-state index in [1.807, 2.05) is 0 Å². The van der Waals surface area contributed by atoms with Crippen LogP contribution in [0.15, 0.2) is 12.1 Å². The summed E-state index contributed by atoms with van der Waals surface area (Å²) in [7, 11) is 0. The van der Waals surface area contributed by atoms with Gasteiger partial charge in [-0.3, -0.25) is 0 Å². The third-order valence-electron chi connectivity index (χ3n) is 2.52. The molecule has 8 heteroatoms. The molecule has 1 aromatic heterocycles. The zero-order valence-corrected chi connectivity index (χ0v) is 12.0. The van der Waals surface area contributed by atoms with Gasteiger partial charge in [-0.1, -0.05) is 0 Å². The molecule has 2 N–H and O–H groups in total. The second-order valence-electron chi connectivity index (χ2n) is 4.27. The number of alkyl halides is 3. The number of rotatable bonds is 6. The lowest BCUT2D eigenvalue weighted by molar-refractivity contribution is -0.143. The second kappa shape index (κ2) is 7.14. The van der Waals surface area contributed by atoms with Crippen LogP contribution in [0.1, 0.15) is 26.3 Å². The lowest BCUT2D eigenvalue weighted by Gasteiger charge is -2.16. The minimum Gasteiger partial charge on any atom is -0.464 e. The zero-order chi connectivity index (χ0) is 16.0. The molecule has 5 nitrogen and oxygen atoms in total. The van der Waals surface area contributed by atoms with Crippen molar-refractivity contribution < 1.29 is 22.7 Å². The van der Waals surface area contributed by atoms with E-state index in [-0.39, 0.29) is 18.2 Å². The lowest BCUT2D eigenvalue weighted by Crippen LogP contribution is -2.28. The van der Waals surface area contributed by atoms with Crippen molar-refractivity contribution in [1.82, 2.24) is 4.98 Å². The number of ether oxygens (including phenoxy) is 1. The van der Waals surface area contributed by atoms with E-state index in [2.05, 4.69) is 15.6 Å². The molecule has 0 aromatic carbocycles. The maximum Gasteiger partial charge on any atom is 0.416 e. The van der Waals surface area contributed by atoms with Crippen LogP contribution in [0.5, 0.6) is 0 Å². The molecular formula is C13H18F3N3O2. The second-order valence-corrected chi connectivity index (χ2v) is 4.27. The Bertz CT molecular complexity index is 492. The van der Waals surface area contributed by atoms with Crippen molar-refractivity contribution in [3.63, 3.8) is 0 Å². The van der Waals surface area contributed by atoms with Crippen LogP contribution in [0.25, 0.3) is 0 Å². The van der Waals surface area contributed by atoms with Gasteiger partial charge in [0, 0.05) is 6.54 Å². The maximum absolute atomic E-state index is 12.8. The molecule has 0 aliphatic rings. The quantitative estimate of drug-likeness (QED) is 0.791. The highest BCUT2D eigenvalue weighted by molar-refractivity contribution is 5.78. The number of nitrogens with one attached hydrogen (secondary N) is 2. The molecule has 0 spiro atoms. The molecular weight excluding hydrogens is 287 g/mol. The molecule has 1 aromatic rings. The number of aromatic nitrogens is 1. The summed E-state index contributed by atoms with van der Waals surface area (Å²) in [6.07, 6.45) is -4.49. The van der Waals surface area contributed by atoms with Crippen LogP contribution >= 0.6 is 0 Å². The number of carbonyl (C=O) groups is 1. The monoisotopic (exact) mass is 305 g/mol. The van der Waals surface area contributed by atoms with E-state index in [0.717, 1.165) is 12.1 Å². The van der Waals surface area contributed by atoms with Crippen LogP contribution in [0, 0.1) is 0 Å². The number of anilines is 2. The van der Waals surface area contributed by atoms with Crippen molar-refractivity contribution in [2.45, 2.75) is 33.0 Å². The van der Waals surface area contributed by atoms with Gasteiger partial charge >= 0.3 is 12.1 Å². The van der Waals surface area contributed by atoms with E-state index in [1.54, 1.807) is 13.8 Å². The Morgan fingerprint density at radius 3 is 2.48 bits per heavy atom. The summed E-state index contributed by atoms with van der Waals surface area (Å²) in [5.41, 5.74) is -0.841. The SMILES string of the molecule is CCNc1cc(C(F)(F)F)cc(NC(C)C(=O)OCC)n1. The molecule has 1 heterocycles. The Morgan fingerprint density at radius 2 is 1.95 bits per heavy atom. The number of hydrogen-bond acceptors (Lipinski definition) is 5. The number of pyridine rings is 1. The minimum absolute atomic E-state index is 0.0404. The molecule has 0 aliphatic heterocycles. The van der Waals surface area contributed by atoms with Gasteiger partial charge in [-0.15, -0.1) is 0 Å². The molecule has 0 saturated heterocycles. The highest BCUT2D eigenvalue weighted by Gasteiger charge is 2.32. The van der Waals surface area contributed by atoms with Crippen LogP contribution in [0.2, 0.25) is 0 Å². The van der Waals surface area contributed by atoms with Gasteiger partial charge in [0.25, 0.3) is 0 Å². The Balaban J connectivity index is 3.00. The first-order chi connectivity index (χ1) is 9.77. The molecule has 0 amide bonds. The molecule has 0 saturated carbocycles. The first-order valence-electron chi connectivity index (χ1n) is 6.54. The summed E-state index contributed by atoms with van der Waals surface area (Å²) in [4.78, 5) is 15.5. The van der Waals surface area contributed by atoms with E-state index < -0.39 is 23.8 Å². The van der Waals surface area contributed by atoms with Gasteiger partial charge in [-0.2, -0.15) is 13.2 Å².